The van der Waals surface area contributed by atoms with Crippen LogP contribution in [0.25, 0.3) is 0 Å². The van der Waals surface area contributed by atoms with Crippen molar-refractivity contribution < 1.29 is 24.2 Å². The number of hydrogen-bond acceptors (Lipinski definition) is 5. The van der Waals surface area contributed by atoms with Gasteiger partial charge in [0, 0.05) is 5.75 Å². The van der Waals surface area contributed by atoms with Crippen molar-refractivity contribution in [2.24, 2.45) is 5.92 Å². The summed E-state index contributed by atoms with van der Waals surface area (Å²) < 4.78 is 5.15. The second kappa shape index (κ2) is 8.75. The van der Waals surface area contributed by atoms with Gasteiger partial charge in [0.2, 0.25) is 5.91 Å². The van der Waals surface area contributed by atoms with Crippen molar-refractivity contribution in [2.45, 2.75) is 32.5 Å². The van der Waals surface area contributed by atoms with Crippen molar-refractivity contribution >= 4 is 29.7 Å². The fraction of sp³-hybridized carbons (Fsp3) is 0.471. The summed E-state index contributed by atoms with van der Waals surface area (Å²) in [5.74, 6) is -0.974. The van der Waals surface area contributed by atoms with E-state index >= 15 is 0 Å². The number of hydrogen-bond donors (Lipinski definition) is 2. The number of carbonyl (C=O) groups excluding carboxylic acids is 2. The lowest BCUT2D eigenvalue weighted by Gasteiger charge is -2.28. The topological polar surface area (TPSA) is 95.9 Å². The van der Waals surface area contributed by atoms with Gasteiger partial charge in [-0.1, -0.05) is 44.2 Å². The predicted octanol–water partition coefficient (Wildman–Crippen LogP) is 1.92. The van der Waals surface area contributed by atoms with Crippen molar-refractivity contribution in [3.8, 4) is 0 Å². The second-order valence-electron chi connectivity index (χ2n) is 6.09. The monoisotopic (exact) mass is 366 g/mol. The molecule has 1 aliphatic heterocycles. The van der Waals surface area contributed by atoms with E-state index in [1.54, 1.807) is 13.8 Å². The Hall–Kier alpha value is -2.22. The van der Waals surface area contributed by atoms with Crippen LogP contribution in [0.4, 0.5) is 4.79 Å². The summed E-state index contributed by atoms with van der Waals surface area (Å²) >= 11 is 1.38. The van der Waals surface area contributed by atoms with Gasteiger partial charge in [0.25, 0.3) is 0 Å². The Balaban J connectivity index is 1.96. The zero-order valence-electron chi connectivity index (χ0n) is 14.2. The number of thioether (sulfide) groups is 1. The SMILES string of the molecule is CC(C)[C@H](NC(=O)OCc1ccccc1)C(=O)N1CSC[C@H]1C(=O)O. The minimum atomic E-state index is -1.03. The minimum Gasteiger partial charge on any atom is -0.480 e. The van der Waals surface area contributed by atoms with Crippen LogP contribution < -0.4 is 5.32 Å². The van der Waals surface area contributed by atoms with E-state index in [4.69, 9.17) is 4.74 Å². The Labute approximate surface area is 150 Å². The van der Waals surface area contributed by atoms with Crippen LogP contribution in [0, 0.1) is 5.92 Å². The van der Waals surface area contributed by atoms with E-state index in [0.717, 1.165) is 5.56 Å². The minimum absolute atomic E-state index is 0.100. The molecule has 2 N–H and O–H groups in total. The third kappa shape index (κ3) is 5.12. The lowest BCUT2D eigenvalue weighted by atomic mass is 10.0. The molecule has 25 heavy (non-hydrogen) atoms. The number of nitrogens with zero attached hydrogens (tertiary/aromatic N) is 1. The van der Waals surface area contributed by atoms with Gasteiger partial charge in [0.15, 0.2) is 0 Å². The molecule has 0 aromatic heterocycles. The Kier molecular flexibility index (Phi) is 6.69. The highest BCUT2D eigenvalue weighted by atomic mass is 32.2. The largest absolute Gasteiger partial charge is 0.480 e. The predicted molar refractivity (Wildman–Crippen MR) is 94.0 cm³/mol. The molecule has 2 amide bonds. The second-order valence-corrected chi connectivity index (χ2v) is 7.09. The molecular weight excluding hydrogens is 344 g/mol. The van der Waals surface area contributed by atoms with Crippen LogP contribution in [0.3, 0.4) is 0 Å². The van der Waals surface area contributed by atoms with E-state index < -0.39 is 30.1 Å². The molecule has 2 atom stereocenters. The Morgan fingerprint density at radius 2 is 2.00 bits per heavy atom. The van der Waals surface area contributed by atoms with Gasteiger partial charge in [-0.2, -0.15) is 0 Å². The molecule has 0 aliphatic carbocycles. The molecule has 1 aromatic rings. The summed E-state index contributed by atoms with van der Waals surface area (Å²) in [4.78, 5) is 37.3. The van der Waals surface area contributed by atoms with Crippen LogP contribution >= 0.6 is 11.8 Å². The summed E-state index contributed by atoms with van der Waals surface area (Å²) in [6.45, 7) is 3.68. The maximum absolute atomic E-state index is 12.7. The van der Waals surface area contributed by atoms with Crippen molar-refractivity contribution in [1.29, 1.82) is 0 Å². The van der Waals surface area contributed by atoms with Gasteiger partial charge < -0.3 is 20.1 Å². The first kappa shape index (κ1) is 19.1. The van der Waals surface area contributed by atoms with Crippen molar-refractivity contribution in [3.05, 3.63) is 35.9 Å². The lowest BCUT2D eigenvalue weighted by Crippen LogP contribution is -2.54. The number of rotatable bonds is 6. The zero-order chi connectivity index (χ0) is 18.4. The molecule has 136 valence electrons. The molecule has 0 unspecified atom stereocenters. The van der Waals surface area contributed by atoms with Gasteiger partial charge in [-0.25, -0.2) is 9.59 Å². The normalized spacial score (nSPS) is 18.0. The maximum Gasteiger partial charge on any atom is 0.408 e. The van der Waals surface area contributed by atoms with Crippen LogP contribution in [0.15, 0.2) is 30.3 Å². The molecular formula is C17H22N2O5S. The molecule has 8 heteroatoms. The van der Waals surface area contributed by atoms with Gasteiger partial charge in [-0.05, 0) is 11.5 Å². The van der Waals surface area contributed by atoms with Gasteiger partial charge in [-0.15, -0.1) is 11.8 Å². The third-order valence-corrected chi connectivity index (χ3v) is 4.88. The van der Waals surface area contributed by atoms with E-state index in [1.165, 1.54) is 16.7 Å². The summed E-state index contributed by atoms with van der Waals surface area (Å²) in [5.41, 5.74) is 0.840. The fourth-order valence-corrected chi connectivity index (χ4v) is 3.60. The van der Waals surface area contributed by atoms with Gasteiger partial charge in [0.05, 0.1) is 5.88 Å². The molecule has 0 saturated carbocycles. The number of amides is 2. The molecule has 0 bridgehead atoms. The molecule has 1 fully saturated rings. The van der Waals surface area contributed by atoms with E-state index in [-0.39, 0.29) is 12.5 Å². The first-order chi connectivity index (χ1) is 11.9. The lowest BCUT2D eigenvalue weighted by molar-refractivity contribution is -0.148. The molecule has 0 radical (unpaired) electrons. The van der Waals surface area contributed by atoms with Crippen LogP contribution in [-0.4, -0.2) is 51.7 Å². The molecule has 7 nitrogen and oxygen atoms in total. The van der Waals surface area contributed by atoms with Crippen LogP contribution in [0.2, 0.25) is 0 Å². The van der Waals surface area contributed by atoms with Gasteiger partial charge >= 0.3 is 12.1 Å². The standard InChI is InChI=1S/C17H22N2O5S/c1-11(2)14(15(20)19-10-25-9-13(19)16(21)22)18-17(23)24-8-12-6-4-3-5-7-12/h3-7,11,13-14H,8-10H2,1-2H3,(H,18,23)(H,21,22)/t13-,14-/m0/s1. The highest BCUT2D eigenvalue weighted by Gasteiger charge is 2.39. The van der Waals surface area contributed by atoms with E-state index in [9.17, 15) is 19.5 Å². The van der Waals surface area contributed by atoms with Gasteiger partial charge in [-0.3, -0.25) is 4.79 Å². The van der Waals surface area contributed by atoms with Crippen LogP contribution in [-0.2, 0) is 20.9 Å². The molecule has 1 saturated heterocycles. The van der Waals surface area contributed by atoms with E-state index in [0.29, 0.717) is 11.6 Å². The summed E-state index contributed by atoms with van der Waals surface area (Å²) in [6.07, 6.45) is -0.699. The first-order valence-electron chi connectivity index (χ1n) is 7.98. The molecule has 1 heterocycles. The Bertz CT molecular complexity index is 623. The molecule has 1 aromatic carbocycles. The number of aliphatic carboxylic acids is 1. The Morgan fingerprint density at radius 3 is 2.60 bits per heavy atom. The van der Waals surface area contributed by atoms with Crippen molar-refractivity contribution in [3.63, 3.8) is 0 Å². The summed E-state index contributed by atoms with van der Waals surface area (Å²) in [7, 11) is 0. The average Bonchev–Trinajstić information content (AvgIpc) is 3.08. The first-order valence-corrected chi connectivity index (χ1v) is 9.14. The number of carboxylic acids is 1. The quantitative estimate of drug-likeness (QED) is 0.799. The molecule has 0 spiro atoms. The fourth-order valence-electron chi connectivity index (χ4n) is 2.45. The number of carboxylic acid groups (broad SMARTS) is 1. The summed E-state index contributed by atoms with van der Waals surface area (Å²) in [6, 6.07) is 7.52. The van der Waals surface area contributed by atoms with Crippen LogP contribution in [0.5, 0.6) is 0 Å². The smallest absolute Gasteiger partial charge is 0.408 e. The number of carbonyl (C=O) groups is 3. The number of ether oxygens (including phenoxy) is 1. The van der Waals surface area contributed by atoms with Crippen molar-refractivity contribution in [2.75, 3.05) is 11.6 Å². The maximum atomic E-state index is 12.7. The third-order valence-electron chi connectivity index (χ3n) is 3.87. The van der Waals surface area contributed by atoms with E-state index in [1.807, 2.05) is 30.3 Å². The Morgan fingerprint density at radius 1 is 1.32 bits per heavy atom. The zero-order valence-corrected chi connectivity index (χ0v) is 15.0. The van der Waals surface area contributed by atoms with E-state index in [2.05, 4.69) is 5.32 Å². The molecule has 1 aliphatic rings. The highest BCUT2D eigenvalue weighted by Crippen LogP contribution is 2.23. The number of alkyl carbamates (subject to hydrolysis) is 1. The van der Waals surface area contributed by atoms with Gasteiger partial charge in [0.1, 0.15) is 18.7 Å². The van der Waals surface area contributed by atoms with Crippen LogP contribution in [0.1, 0.15) is 19.4 Å². The number of nitrogens with one attached hydrogen (secondary N) is 1. The molecule has 2 rings (SSSR count). The summed E-state index contributed by atoms with van der Waals surface area (Å²) in [5, 5.41) is 11.8. The van der Waals surface area contributed by atoms with Crippen molar-refractivity contribution in [1.82, 2.24) is 10.2 Å². The number of benzene rings is 1. The average molecular weight is 366 g/mol. The highest BCUT2D eigenvalue weighted by molar-refractivity contribution is 7.99.